The van der Waals surface area contributed by atoms with Crippen molar-refractivity contribution in [2.45, 2.75) is 20.5 Å². The predicted octanol–water partition coefficient (Wildman–Crippen LogP) is 7.60. The quantitative estimate of drug-likeness (QED) is 0.242. The van der Waals surface area contributed by atoms with Crippen LogP contribution in [0.5, 0.6) is 11.5 Å². The van der Waals surface area contributed by atoms with Gasteiger partial charge in [0.15, 0.2) is 15.8 Å². The Morgan fingerprint density at radius 1 is 1.03 bits per heavy atom. The van der Waals surface area contributed by atoms with E-state index >= 15 is 0 Å². The third kappa shape index (κ3) is 5.26. The molecule has 1 amide bonds. The molecule has 4 nitrogen and oxygen atoms in total. The van der Waals surface area contributed by atoms with Crippen molar-refractivity contribution in [2.75, 3.05) is 12.0 Å². The highest BCUT2D eigenvalue weighted by atomic mass is 35.5. The number of ether oxygens (including phenoxy) is 2. The van der Waals surface area contributed by atoms with Crippen LogP contribution < -0.4 is 14.4 Å². The van der Waals surface area contributed by atoms with Crippen LogP contribution in [0.3, 0.4) is 0 Å². The van der Waals surface area contributed by atoms with Gasteiger partial charge in [-0.3, -0.25) is 9.69 Å². The minimum Gasteiger partial charge on any atom is -0.493 e. The number of thiocarbonyl (C=S) groups is 1. The molecule has 174 valence electrons. The van der Waals surface area contributed by atoms with Gasteiger partial charge in [-0.15, -0.1) is 0 Å². The normalized spacial score (nSPS) is 14.7. The smallest absolute Gasteiger partial charge is 0.270 e. The van der Waals surface area contributed by atoms with Crippen molar-refractivity contribution in [3.05, 3.63) is 91.8 Å². The molecule has 0 aliphatic carbocycles. The van der Waals surface area contributed by atoms with Crippen LogP contribution in [-0.4, -0.2) is 17.3 Å². The van der Waals surface area contributed by atoms with Gasteiger partial charge in [-0.1, -0.05) is 77.0 Å². The number of carbonyl (C=O) groups excluding carboxylic acids is 1. The van der Waals surface area contributed by atoms with E-state index in [1.165, 1.54) is 11.8 Å². The maximum atomic E-state index is 13.2. The lowest BCUT2D eigenvalue weighted by atomic mass is 10.1. The first-order valence-corrected chi connectivity index (χ1v) is 12.3. The Morgan fingerprint density at radius 2 is 1.82 bits per heavy atom. The maximum absolute atomic E-state index is 13.2. The second-order valence-corrected chi connectivity index (χ2v) is 10.3. The Morgan fingerprint density at radius 3 is 2.53 bits per heavy atom. The lowest BCUT2D eigenvalue weighted by Crippen LogP contribution is -2.28. The van der Waals surface area contributed by atoms with Gasteiger partial charge in [0.25, 0.3) is 5.91 Å². The second-order valence-electron chi connectivity index (χ2n) is 7.74. The predicted molar refractivity (Wildman–Crippen MR) is 145 cm³/mol. The molecule has 0 spiro atoms. The Hall–Kier alpha value is -2.51. The molecule has 0 unspecified atom stereocenters. The number of hydrogen-bond acceptors (Lipinski definition) is 5. The lowest BCUT2D eigenvalue weighted by molar-refractivity contribution is -0.113. The number of thioether (sulfide) groups is 1. The fraction of sp³-hybridized carbons (Fsp3) is 0.154. The van der Waals surface area contributed by atoms with Crippen molar-refractivity contribution in [2.24, 2.45) is 0 Å². The molecule has 1 aliphatic rings. The van der Waals surface area contributed by atoms with Crippen molar-refractivity contribution >= 4 is 69.2 Å². The number of rotatable bonds is 6. The van der Waals surface area contributed by atoms with Crippen LogP contribution in [0.4, 0.5) is 5.69 Å². The van der Waals surface area contributed by atoms with E-state index in [9.17, 15) is 4.79 Å². The monoisotopic (exact) mass is 529 g/mol. The summed E-state index contributed by atoms with van der Waals surface area (Å²) in [6.45, 7) is 4.26. The standard InChI is InChI=1S/C26H21Cl2NO3S2/c1-15-4-8-21(16(2)10-15)29-25(30)24(34-26(29)33)12-17-5-9-22(23(11-17)31-3)32-14-18-6-7-19(27)13-20(18)28/h4-13H,14H2,1-3H3/b24-12-. The zero-order valence-electron chi connectivity index (χ0n) is 18.7. The molecule has 3 aromatic carbocycles. The average Bonchev–Trinajstić information content (AvgIpc) is 3.06. The van der Waals surface area contributed by atoms with E-state index in [1.807, 2.05) is 56.3 Å². The van der Waals surface area contributed by atoms with Crippen LogP contribution in [-0.2, 0) is 11.4 Å². The summed E-state index contributed by atoms with van der Waals surface area (Å²) in [5, 5.41) is 1.10. The minimum atomic E-state index is -0.140. The molecule has 0 saturated carbocycles. The molecule has 1 heterocycles. The molecule has 8 heteroatoms. The molecular weight excluding hydrogens is 509 g/mol. The molecule has 0 N–H and O–H groups in total. The SMILES string of the molecule is COc1cc(/C=C2\SC(=S)N(c3ccc(C)cc3C)C2=O)ccc1OCc1ccc(Cl)cc1Cl. The van der Waals surface area contributed by atoms with Gasteiger partial charge < -0.3 is 9.47 Å². The number of anilines is 1. The van der Waals surface area contributed by atoms with Crippen LogP contribution in [0.1, 0.15) is 22.3 Å². The van der Waals surface area contributed by atoms with E-state index in [-0.39, 0.29) is 12.5 Å². The summed E-state index contributed by atoms with van der Waals surface area (Å²) < 4.78 is 11.9. The molecule has 0 bridgehead atoms. The van der Waals surface area contributed by atoms with E-state index in [0.717, 1.165) is 27.9 Å². The summed E-state index contributed by atoms with van der Waals surface area (Å²) in [4.78, 5) is 15.3. The van der Waals surface area contributed by atoms with Crippen LogP contribution in [0.2, 0.25) is 10.0 Å². The van der Waals surface area contributed by atoms with Gasteiger partial charge in [0, 0.05) is 15.6 Å². The van der Waals surface area contributed by atoms with Crippen molar-refractivity contribution in [1.29, 1.82) is 0 Å². The third-order valence-electron chi connectivity index (χ3n) is 5.27. The summed E-state index contributed by atoms with van der Waals surface area (Å²) in [6, 6.07) is 16.7. The van der Waals surface area contributed by atoms with Gasteiger partial charge in [-0.05, 0) is 61.4 Å². The molecule has 1 saturated heterocycles. The third-order valence-corrected chi connectivity index (χ3v) is 7.16. The topological polar surface area (TPSA) is 38.8 Å². The van der Waals surface area contributed by atoms with E-state index < -0.39 is 0 Å². The molecule has 0 radical (unpaired) electrons. The molecule has 1 fully saturated rings. The Kier molecular flexibility index (Phi) is 7.53. The first kappa shape index (κ1) is 24.6. The van der Waals surface area contributed by atoms with E-state index in [4.69, 9.17) is 44.9 Å². The number of nitrogens with zero attached hydrogens (tertiary/aromatic N) is 1. The molecular formula is C26H21Cl2NO3S2. The fourth-order valence-electron chi connectivity index (χ4n) is 3.57. The van der Waals surface area contributed by atoms with Crippen molar-refractivity contribution in [3.8, 4) is 11.5 Å². The summed E-state index contributed by atoms with van der Waals surface area (Å²) in [7, 11) is 1.57. The summed E-state index contributed by atoms with van der Waals surface area (Å²) in [6.07, 6.45) is 1.81. The minimum absolute atomic E-state index is 0.140. The number of benzene rings is 3. The number of aryl methyl sites for hydroxylation is 2. The van der Waals surface area contributed by atoms with Crippen LogP contribution in [0, 0.1) is 13.8 Å². The summed E-state index contributed by atoms with van der Waals surface area (Å²) >= 11 is 19.0. The van der Waals surface area contributed by atoms with Crippen molar-refractivity contribution in [3.63, 3.8) is 0 Å². The lowest BCUT2D eigenvalue weighted by Gasteiger charge is -2.17. The maximum Gasteiger partial charge on any atom is 0.270 e. The van der Waals surface area contributed by atoms with Crippen LogP contribution >= 0.6 is 47.2 Å². The molecule has 1 aliphatic heterocycles. The zero-order chi connectivity index (χ0) is 24.4. The Labute approximate surface area is 218 Å². The number of amides is 1. The van der Waals surface area contributed by atoms with Crippen molar-refractivity contribution in [1.82, 2.24) is 0 Å². The molecule has 0 atom stereocenters. The number of halogens is 2. The molecule has 3 aromatic rings. The second kappa shape index (κ2) is 10.4. The van der Waals surface area contributed by atoms with Gasteiger partial charge in [-0.25, -0.2) is 0 Å². The Balaban J connectivity index is 1.55. The average molecular weight is 530 g/mol. The van der Waals surface area contributed by atoms with Gasteiger partial charge in [0.2, 0.25) is 0 Å². The van der Waals surface area contributed by atoms with Gasteiger partial charge in [0.1, 0.15) is 6.61 Å². The highest BCUT2D eigenvalue weighted by molar-refractivity contribution is 8.27. The number of methoxy groups -OCH3 is 1. The zero-order valence-corrected chi connectivity index (χ0v) is 21.9. The largest absolute Gasteiger partial charge is 0.493 e. The fourth-order valence-corrected chi connectivity index (χ4v) is 5.32. The highest BCUT2D eigenvalue weighted by Gasteiger charge is 2.34. The van der Waals surface area contributed by atoms with E-state index in [2.05, 4.69) is 0 Å². The Bertz CT molecular complexity index is 1320. The van der Waals surface area contributed by atoms with E-state index in [0.29, 0.717) is 30.8 Å². The van der Waals surface area contributed by atoms with E-state index in [1.54, 1.807) is 30.2 Å². The first-order chi connectivity index (χ1) is 16.3. The van der Waals surface area contributed by atoms with Gasteiger partial charge in [-0.2, -0.15) is 0 Å². The molecule has 4 rings (SSSR count). The molecule has 34 heavy (non-hydrogen) atoms. The van der Waals surface area contributed by atoms with Crippen LogP contribution in [0.25, 0.3) is 6.08 Å². The summed E-state index contributed by atoms with van der Waals surface area (Å²) in [5.74, 6) is 0.968. The number of carbonyl (C=O) groups is 1. The summed E-state index contributed by atoms with van der Waals surface area (Å²) in [5.41, 5.74) is 4.55. The van der Waals surface area contributed by atoms with Crippen LogP contribution in [0.15, 0.2) is 59.5 Å². The highest BCUT2D eigenvalue weighted by Crippen LogP contribution is 2.38. The van der Waals surface area contributed by atoms with Crippen molar-refractivity contribution < 1.29 is 14.3 Å². The molecule has 0 aromatic heterocycles. The number of hydrogen-bond donors (Lipinski definition) is 0. The first-order valence-electron chi connectivity index (χ1n) is 10.4. The van der Waals surface area contributed by atoms with Gasteiger partial charge in [0.05, 0.1) is 17.7 Å². The van der Waals surface area contributed by atoms with Gasteiger partial charge >= 0.3 is 0 Å².